The molecule has 0 bridgehead atoms. The summed E-state index contributed by atoms with van der Waals surface area (Å²) in [4.78, 5) is 12.5. The molecule has 0 aliphatic heterocycles. The summed E-state index contributed by atoms with van der Waals surface area (Å²) in [6.45, 7) is 0. The van der Waals surface area contributed by atoms with Gasteiger partial charge in [0, 0.05) is 11.6 Å². The zero-order chi connectivity index (χ0) is 20.8. The first-order valence-corrected chi connectivity index (χ1v) is 10.5. The van der Waals surface area contributed by atoms with Gasteiger partial charge in [-0.3, -0.25) is 0 Å². The molecule has 3 aromatic heterocycles. The molecule has 0 fully saturated rings. The molecule has 1 aliphatic carbocycles. The molecule has 3 heterocycles. The van der Waals surface area contributed by atoms with Gasteiger partial charge in [-0.1, -0.05) is 47.0 Å². The Morgan fingerprint density at radius 1 is 1.17 bits per heavy atom. The molecule has 1 unspecified atom stereocenters. The molecular formula is C22H18Cl2FN5. The molecule has 5 nitrogen and oxygen atoms in total. The summed E-state index contributed by atoms with van der Waals surface area (Å²) in [6.07, 6.45) is 9.08. The van der Waals surface area contributed by atoms with Crippen molar-refractivity contribution in [2.24, 2.45) is 0 Å². The number of aromatic nitrogens is 4. The SMILES string of the molecule is Nc1nc2c(F)c(CCC3=CC(n4ccc5c(Cl)ncnc54)CC3)ccc2cc1Cl. The second-order valence-corrected chi connectivity index (χ2v) is 8.29. The van der Waals surface area contributed by atoms with Crippen molar-refractivity contribution in [3.8, 4) is 0 Å². The van der Waals surface area contributed by atoms with Crippen LogP contribution in [0.5, 0.6) is 0 Å². The Morgan fingerprint density at radius 3 is 2.90 bits per heavy atom. The predicted molar refractivity (Wildman–Crippen MR) is 118 cm³/mol. The van der Waals surface area contributed by atoms with Crippen LogP contribution in [0.15, 0.2) is 48.4 Å². The highest BCUT2D eigenvalue weighted by Crippen LogP contribution is 2.34. The van der Waals surface area contributed by atoms with Gasteiger partial charge in [-0.25, -0.2) is 19.3 Å². The second-order valence-electron chi connectivity index (χ2n) is 7.52. The maximum Gasteiger partial charge on any atom is 0.152 e. The van der Waals surface area contributed by atoms with Crippen molar-refractivity contribution in [2.45, 2.75) is 31.7 Å². The van der Waals surface area contributed by atoms with Crippen LogP contribution in [0, 0.1) is 5.82 Å². The lowest BCUT2D eigenvalue weighted by Crippen LogP contribution is -2.02. The van der Waals surface area contributed by atoms with E-state index in [2.05, 4.69) is 25.6 Å². The zero-order valence-corrected chi connectivity index (χ0v) is 17.5. The predicted octanol–water partition coefficient (Wildman–Crippen LogP) is 5.90. The number of aryl methyl sites for hydroxylation is 1. The Kier molecular flexibility index (Phi) is 4.83. The molecule has 0 saturated carbocycles. The summed E-state index contributed by atoms with van der Waals surface area (Å²) in [5.41, 5.74) is 8.79. The fourth-order valence-corrected chi connectivity index (χ4v) is 4.48. The highest BCUT2D eigenvalue weighted by molar-refractivity contribution is 6.34. The first-order valence-electron chi connectivity index (χ1n) is 9.71. The fourth-order valence-electron chi connectivity index (χ4n) is 4.13. The summed E-state index contributed by atoms with van der Waals surface area (Å²) in [5.74, 6) is -0.182. The summed E-state index contributed by atoms with van der Waals surface area (Å²) in [6, 6.07) is 7.45. The van der Waals surface area contributed by atoms with Crippen molar-refractivity contribution < 1.29 is 4.39 Å². The topological polar surface area (TPSA) is 69.6 Å². The quantitative estimate of drug-likeness (QED) is 0.316. The van der Waals surface area contributed by atoms with E-state index in [4.69, 9.17) is 28.9 Å². The van der Waals surface area contributed by atoms with Crippen molar-refractivity contribution in [3.63, 3.8) is 0 Å². The molecule has 30 heavy (non-hydrogen) atoms. The molecule has 1 aliphatic rings. The minimum absolute atomic E-state index is 0.143. The number of rotatable bonds is 4. The van der Waals surface area contributed by atoms with E-state index < -0.39 is 0 Å². The van der Waals surface area contributed by atoms with E-state index in [9.17, 15) is 4.39 Å². The number of hydrogen-bond acceptors (Lipinski definition) is 4. The molecular weight excluding hydrogens is 424 g/mol. The third-order valence-corrected chi connectivity index (χ3v) is 6.31. The van der Waals surface area contributed by atoms with Crippen LogP contribution in [0.1, 0.15) is 30.9 Å². The third kappa shape index (κ3) is 3.30. The monoisotopic (exact) mass is 441 g/mol. The number of fused-ring (bicyclic) bond motifs is 2. The molecule has 2 N–H and O–H groups in total. The molecule has 0 spiro atoms. The molecule has 5 rings (SSSR count). The van der Waals surface area contributed by atoms with Gasteiger partial charge in [-0.15, -0.1) is 0 Å². The van der Waals surface area contributed by atoms with Gasteiger partial charge in [-0.2, -0.15) is 0 Å². The number of benzene rings is 1. The van der Waals surface area contributed by atoms with Crippen molar-refractivity contribution in [1.82, 2.24) is 19.5 Å². The fraction of sp³-hybridized carbons (Fsp3) is 0.227. The molecule has 0 amide bonds. The third-order valence-electron chi connectivity index (χ3n) is 5.71. The van der Waals surface area contributed by atoms with E-state index in [1.54, 1.807) is 12.1 Å². The molecule has 0 saturated heterocycles. The number of nitrogens with two attached hydrogens (primary N) is 1. The maximum absolute atomic E-state index is 15.0. The van der Waals surface area contributed by atoms with Crippen LogP contribution in [0.4, 0.5) is 10.2 Å². The molecule has 4 aromatic rings. The zero-order valence-electron chi connectivity index (χ0n) is 15.9. The number of anilines is 1. The highest BCUT2D eigenvalue weighted by Gasteiger charge is 2.20. The Balaban J connectivity index is 1.36. The normalized spacial score (nSPS) is 16.5. The van der Waals surface area contributed by atoms with E-state index in [-0.39, 0.29) is 23.2 Å². The van der Waals surface area contributed by atoms with Crippen LogP contribution in [0.2, 0.25) is 10.2 Å². The molecule has 1 atom stereocenters. The number of nitrogens with zero attached hydrogens (tertiary/aromatic N) is 4. The summed E-state index contributed by atoms with van der Waals surface area (Å²) < 4.78 is 17.1. The molecule has 8 heteroatoms. The molecule has 0 radical (unpaired) electrons. The first-order chi connectivity index (χ1) is 14.5. The lowest BCUT2D eigenvalue weighted by atomic mass is 10.0. The van der Waals surface area contributed by atoms with Crippen molar-refractivity contribution >= 4 is 51.0 Å². The smallest absolute Gasteiger partial charge is 0.152 e. The van der Waals surface area contributed by atoms with Gasteiger partial charge in [0.15, 0.2) is 5.82 Å². The lowest BCUT2D eigenvalue weighted by Gasteiger charge is -2.10. The number of pyridine rings is 1. The van der Waals surface area contributed by atoms with E-state index in [1.165, 1.54) is 11.9 Å². The number of hydrogen-bond donors (Lipinski definition) is 1. The van der Waals surface area contributed by atoms with E-state index in [0.717, 1.165) is 30.3 Å². The minimum atomic E-state index is -0.325. The van der Waals surface area contributed by atoms with Gasteiger partial charge >= 0.3 is 0 Å². The Hall–Kier alpha value is -2.70. The van der Waals surface area contributed by atoms with E-state index in [1.807, 2.05) is 18.3 Å². The first kappa shape index (κ1) is 19.3. The standard InChI is InChI=1S/C22H18Cl2FN5/c23-17-10-14-5-4-13(18(25)19(14)29-21(17)26)3-1-12-2-6-15(9-12)30-8-7-16-20(24)27-11-28-22(16)30/h4-5,7-11,15H,1-3,6H2,(H2,26,29). The summed E-state index contributed by atoms with van der Waals surface area (Å²) in [7, 11) is 0. The van der Waals surface area contributed by atoms with Gasteiger partial charge in [0.2, 0.25) is 0 Å². The van der Waals surface area contributed by atoms with Gasteiger partial charge in [0.05, 0.1) is 16.5 Å². The Morgan fingerprint density at radius 2 is 2.03 bits per heavy atom. The van der Waals surface area contributed by atoms with Crippen LogP contribution < -0.4 is 5.73 Å². The van der Waals surface area contributed by atoms with Gasteiger partial charge in [0.1, 0.15) is 28.5 Å². The van der Waals surface area contributed by atoms with Crippen LogP contribution in [-0.2, 0) is 6.42 Å². The van der Waals surface area contributed by atoms with Crippen molar-refractivity contribution in [3.05, 3.63) is 70.0 Å². The van der Waals surface area contributed by atoms with Crippen molar-refractivity contribution in [1.29, 1.82) is 0 Å². The van der Waals surface area contributed by atoms with Crippen LogP contribution in [0.3, 0.4) is 0 Å². The van der Waals surface area contributed by atoms with Crippen LogP contribution in [0.25, 0.3) is 21.9 Å². The second kappa shape index (κ2) is 7.52. The number of halogens is 3. The number of nitrogen functional groups attached to an aromatic ring is 1. The maximum atomic E-state index is 15.0. The Labute approximate surface area is 182 Å². The van der Waals surface area contributed by atoms with Gasteiger partial charge in [0.25, 0.3) is 0 Å². The molecule has 1 aromatic carbocycles. The van der Waals surface area contributed by atoms with Crippen LogP contribution >= 0.6 is 23.2 Å². The average molecular weight is 442 g/mol. The Bertz CT molecular complexity index is 1310. The summed E-state index contributed by atoms with van der Waals surface area (Å²) in [5, 5.41) is 2.30. The van der Waals surface area contributed by atoms with E-state index >= 15 is 0 Å². The molecule has 152 valence electrons. The number of allylic oxidation sites excluding steroid dienone is 2. The largest absolute Gasteiger partial charge is 0.382 e. The van der Waals surface area contributed by atoms with Gasteiger partial charge < -0.3 is 10.3 Å². The highest BCUT2D eigenvalue weighted by atomic mass is 35.5. The van der Waals surface area contributed by atoms with Crippen LogP contribution in [-0.4, -0.2) is 19.5 Å². The average Bonchev–Trinajstić information content (AvgIpc) is 3.36. The minimum Gasteiger partial charge on any atom is -0.382 e. The van der Waals surface area contributed by atoms with Crippen molar-refractivity contribution in [2.75, 3.05) is 5.73 Å². The van der Waals surface area contributed by atoms with E-state index in [0.29, 0.717) is 27.5 Å². The van der Waals surface area contributed by atoms with Gasteiger partial charge in [-0.05, 0) is 43.4 Å². The lowest BCUT2D eigenvalue weighted by molar-refractivity contribution is 0.602. The summed E-state index contributed by atoms with van der Waals surface area (Å²) >= 11 is 12.2.